The molecule has 0 fully saturated rings. The van der Waals surface area contributed by atoms with Crippen molar-refractivity contribution in [1.82, 2.24) is 14.7 Å². The summed E-state index contributed by atoms with van der Waals surface area (Å²) in [6.45, 7) is 5.49. The molecule has 4 rings (SSSR count). The van der Waals surface area contributed by atoms with Crippen molar-refractivity contribution in [2.24, 2.45) is 0 Å². The largest absolute Gasteiger partial charge is 0.496 e. The number of aryl methyl sites for hydroxylation is 3. The third-order valence-electron chi connectivity index (χ3n) is 5.43. The zero-order chi connectivity index (χ0) is 17.4. The van der Waals surface area contributed by atoms with Gasteiger partial charge in [-0.15, -0.1) is 0 Å². The summed E-state index contributed by atoms with van der Waals surface area (Å²) < 4.78 is 7.73. The molecule has 5 heteroatoms. The standard InChI is InChI=1S/C20H27N3O2/c1-14(24)19-11-18-13-22(7-4-8-23(18)21-19)12-17-9-15-5-3-6-16(15)10-20(17)25-2/h9-11,14,24H,3-8,12-13H2,1-2H3/t14-/m1/s1. The van der Waals surface area contributed by atoms with E-state index in [1.807, 2.05) is 6.07 Å². The summed E-state index contributed by atoms with van der Waals surface area (Å²) in [5.74, 6) is 1.02. The predicted molar refractivity (Wildman–Crippen MR) is 96.6 cm³/mol. The minimum atomic E-state index is -0.510. The number of methoxy groups -OCH3 is 1. The summed E-state index contributed by atoms with van der Waals surface area (Å²) in [7, 11) is 1.77. The molecule has 0 spiro atoms. The summed E-state index contributed by atoms with van der Waals surface area (Å²) in [5.41, 5.74) is 6.19. The molecule has 0 bridgehead atoms. The first kappa shape index (κ1) is 16.6. The van der Waals surface area contributed by atoms with Gasteiger partial charge in [0.15, 0.2) is 0 Å². The van der Waals surface area contributed by atoms with Crippen molar-refractivity contribution in [3.05, 3.63) is 46.3 Å². The number of fused-ring (bicyclic) bond motifs is 2. The van der Waals surface area contributed by atoms with Gasteiger partial charge < -0.3 is 9.84 Å². The number of nitrogens with zero attached hydrogens (tertiary/aromatic N) is 3. The lowest BCUT2D eigenvalue weighted by molar-refractivity contribution is 0.193. The van der Waals surface area contributed by atoms with E-state index >= 15 is 0 Å². The number of ether oxygens (including phenoxy) is 1. The molecular weight excluding hydrogens is 314 g/mol. The number of aliphatic hydroxyl groups excluding tert-OH is 1. The fourth-order valence-corrected chi connectivity index (χ4v) is 4.10. The summed E-state index contributed by atoms with van der Waals surface area (Å²) in [6.07, 6.45) is 4.19. The molecule has 0 saturated heterocycles. The van der Waals surface area contributed by atoms with Crippen LogP contribution in [0, 0.1) is 0 Å². The molecule has 1 aromatic carbocycles. The van der Waals surface area contributed by atoms with E-state index in [4.69, 9.17) is 4.74 Å². The number of aromatic nitrogens is 2. The molecule has 1 aromatic heterocycles. The van der Waals surface area contributed by atoms with Crippen LogP contribution in [-0.4, -0.2) is 33.4 Å². The Morgan fingerprint density at radius 2 is 1.96 bits per heavy atom. The summed E-state index contributed by atoms with van der Waals surface area (Å²) in [4.78, 5) is 2.46. The van der Waals surface area contributed by atoms with Gasteiger partial charge in [0, 0.05) is 31.7 Å². The topological polar surface area (TPSA) is 50.5 Å². The Balaban J connectivity index is 1.56. The number of hydrogen-bond donors (Lipinski definition) is 1. The Labute approximate surface area is 149 Å². The van der Waals surface area contributed by atoms with Crippen molar-refractivity contribution in [2.75, 3.05) is 13.7 Å². The molecule has 2 aromatic rings. The number of hydrogen-bond acceptors (Lipinski definition) is 4. The minimum absolute atomic E-state index is 0.510. The molecule has 1 aliphatic carbocycles. The SMILES string of the molecule is COc1cc2c(cc1CN1CCCn3nc([C@@H](C)O)cc3C1)CCC2. The van der Waals surface area contributed by atoms with Gasteiger partial charge in [-0.05, 0) is 55.9 Å². The van der Waals surface area contributed by atoms with Gasteiger partial charge in [0.2, 0.25) is 0 Å². The highest BCUT2D eigenvalue weighted by molar-refractivity contribution is 5.44. The van der Waals surface area contributed by atoms with E-state index < -0.39 is 6.10 Å². The average Bonchev–Trinajstić information content (AvgIpc) is 3.16. The molecule has 2 heterocycles. The van der Waals surface area contributed by atoms with Crippen molar-refractivity contribution in [3.8, 4) is 5.75 Å². The lowest BCUT2D eigenvalue weighted by atomic mass is 10.0. The smallest absolute Gasteiger partial charge is 0.123 e. The lowest BCUT2D eigenvalue weighted by Crippen LogP contribution is -2.23. The van der Waals surface area contributed by atoms with Crippen LogP contribution in [0.2, 0.25) is 0 Å². The Kier molecular flexibility index (Phi) is 4.52. The third kappa shape index (κ3) is 3.31. The second-order valence-electron chi connectivity index (χ2n) is 7.31. The minimum Gasteiger partial charge on any atom is -0.496 e. The Morgan fingerprint density at radius 1 is 1.16 bits per heavy atom. The van der Waals surface area contributed by atoms with Crippen LogP contribution in [-0.2, 0) is 32.5 Å². The van der Waals surface area contributed by atoms with E-state index in [2.05, 4.69) is 26.8 Å². The van der Waals surface area contributed by atoms with Gasteiger partial charge in [0.25, 0.3) is 0 Å². The normalized spacial score (nSPS) is 18.5. The quantitative estimate of drug-likeness (QED) is 0.929. The average molecular weight is 341 g/mol. The van der Waals surface area contributed by atoms with Gasteiger partial charge in [-0.25, -0.2) is 0 Å². The highest BCUT2D eigenvalue weighted by Gasteiger charge is 2.21. The summed E-state index contributed by atoms with van der Waals surface area (Å²) >= 11 is 0. The van der Waals surface area contributed by atoms with Crippen LogP contribution in [0.1, 0.15) is 53.9 Å². The van der Waals surface area contributed by atoms with E-state index in [-0.39, 0.29) is 0 Å². The molecule has 25 heavy (non-hydrogen) atoms. The van der Waals surface area contributed by atoms with E-state index in [0.29, 0.717) is 0 Å². The molecule has 134 valence electrons. The van der Waals surface area contributed by atoms with Gasteiger partial charge in [0.05, 0.1) is 24.6 Å². The van der Waals surface area contributed by atoms with E-state index in [1.165, 1.54) is 41.6 Å². The Morgan fingerprint density at radius 3 is 2.72 bits per heavy atom. The van der Waals surface area contributed by atoms with Crippen LogP contribution in [0.25, 0.3) is 0 Å². The van der Waals surface area contributed by atoms with Crippen molar-refractivity contribution in [3.63, 3.8) is 0 Å². The Bertz CT molecular complexity index is 767. The zero-order valence-corrected chi connectivity index (χ0v) is 15.2. The maximum atomic E-state index is 9.80. The molecule has 1 N–H and O–H groups in total. The zero-order valence-electron chi connectivity index (χ0n) is 15.2. The van der Waals surface area contributed by atoms with E-state index in [1.54, 1.807) is 14.0 Å². The molecule has 0 unspecified atom stereocenters. The Hall–Kier alpha value is -1.85. The maximum absolute atomic E-state index is 9.80. The first-order valence-corrected chi connectivity index (χ1v) is 9.29. The van der Waals surface area contributed by atoms with Gasteiger partial charge >= 0.3 is 0 Å². The van der Waals surface area contributed by atoms with Crippen molar-refractivity contribution in [1.29, 1.82) is 0 Å². The van der Waals surface area contributed by atoms with Crippen LogP contribution in [0.3, 0.4) is 0 Å². The molecule has 0 radical (unpaired) electrons. The third-order valence-corrected chi connectivity index (χ3v) is 5.43. The van der Waals surface area contributed by atoms with Crippen LogP contribution in [0.15, 0.2) is 18.2 Å². The molecule has 2 aliphatic rings. The van der Waals surface area contributed by atoms with Gasteiger partial charge in [-0.1, -0.05) is 6.07 Å². The highest BCUT2D eigenvalue weighted by atomic mass is 16.5. The molecule has 5 nitrogen and oxygen atoms in total. The molecular formula is C20H27N3O2. The summed E-state index contributed by atoms with van der Waals surface area (Å²) in [5, 5.41) is 14.3. The number of benzene rings is 1. The first-order valence-electron chi connectivity index (χ1n) is 9.29. The van der Waals surface area contributed by atoms with Crippen LogP contribution < -0.4 is 4.74 Å². The van der Waals surface area contributed by atoms with Crippen LogP contribution in [0.5, 0.6) is 5.75 Å². The maximum Gasteiger partial charge on any atom is 0.123 e. The second kappa shape index (κ2) is 6.81. The first-order chi connectivity index (χ1) is 12.1. The van der Waals surface area contributed by atoms with Crippen LogP contribution in [0.4, 0.5) is 0 Å². The van der Waals surface area contributed by atoms with E-state index in [9.17, 15) is 5.11 Å². The predicted octanol–water partition coefficient (Wildman–Crippen LogP) is 2.84. The van der Waals surface area contributed by atoms with Crippen molar-refractivity contribution >= 4 is 0 Å². The fourth-order valence-electron chi connectivity index (χ4n) is 4.10. The van der Waals surface area contributed by atoms with Crippen molar-refractivity contribution < 1.29 is 9.84 Å². The molecule has 0 saturated carbocycles. The number of rotatable bonds is 4. The summed E-state index contributed by atoms with van der Waals surface area (Å²) in [6, 6.07) is 6.64. The lowest BCUT2D eigenvalue weighted by Gasteiger charge is -2.21. The van der Waals surface area contributed by atoms with Gasteiger partial charge in [-0.3, -0.25) is 9.58 Å². The second-order valence-corrected chi connectivity index (χ2v) is 7.31. The van der Waals surface area contributed by atoms with Gasteiger partial charge in [0.1, 0.15) is 5.75 Å². The van der Waals surface area contributed by atoms with Gasteiger partial charge in [-0.2, -0.15) is 5.10 Å². The van der Waals surface area contributed by atoms with Crippen molar-refractivity contribution in [2.45, 2.75) is 58.3 Å². The monoisotopic (exact) mass is 341 g/mol. The number of aliphatic hydroxyl groups is 1. The molecule has 1 atom stereocenters. The molecule has 1 aliphatic heterocycles. The highest BCUT2D eigenvalue weighted by Crippen LogP contribution is 2.31. The van der Waals surface area contributed by atoms with E-state index in [0.717, 1.165) is 44.0 Å². The molecule has 0 amide bonds. The fraction of sp³-hybridized carbons (Fsp3) is 0.550. The van der Waals surface area contributed by atoms with Crippen LogP contribution >= 0.6 is 0 Å².